The van der Waals surface area contributed by atoms with Crippen LogP contribution in [0.15, 0.2) is 21.0 Å². The van der Waals surface area contributed by atoms with Gasteiger partial charge in [-0.15, -0.1) is 0 Å². The molecule has 0 spiro atoms. The monoisotopic (exact) mass is 313 g/mol. The number of halogens is 2. The minimum atomic E-state index is -0.212. The number of nitrogens with one attached hydrogen (secondary N) is 1. The zero-order valence-electron chi connectivity index (χ0n) is 10.6. The number of rotatable bonds is 5. The molecule has 2 nitrogen and oxygen atoms in total. The maximum absolute atomic E-state index is 13.9. The fourth-order valence-electron chi connectivity index (χ4n) is 2.13. The lowest BCUT2D eigenvalue weighted by Crippen LogP contribution is -2.14. The Morgan fingerprint density at radius 1 is 1.33 bits per heavy atom. The van der Waals surface area contributed by atoms with Crippen molar-refractivity contribution in [3.8, 4) is 0 Å². The summed E-state index contributed by atoms with van der Waals surface area (Å²) in [6.07, 6.45) is 1.84. The molecule has 0 fully saturated rings. The molecule has 18 heavy (non-hydrogen) atoms. The lowest BCUT2D eigenvalue weighted by atomic mass is 10.1. The molecule has 0 saturated heterocycles. The number of hydrogen-bond acceptors (Lipinski definition) is 2. The molecule has 98 valence electrons. The van der Waals surface area contributed by atoms with E-state index in [1.54, 1.807) is 6.07 Å². The van der Waals surface area contributed by atoms with Gasteiger partial charge < -0.3 is 9.73 Å². The van der Waals surface area contributed by atoms with Crippen LogP contribution in [0.4, 0.5) is 4.39 Å². The number of benzene rings is 1. The molecule has 2 aromatic rings. The summed E-state index contributed by atoms with van der Waals surface area (Å²) in [6, 6.07) is 3.16. The van der Waals surface area contributed by atoms with Crippen molar-refractivity contribution in [1.82, 2.24) is 5.32 Å². The van der Waals surface area contributed by atoms with Crippen molar-refractivity contribution in [2.75, 3.05) is 6.54 Å². The standard InChI is InChI=1S/C14H17BrFNO/c1-3-7-17-8-12-9(4-2)13-11(16)6-5-10(15)14(13)18-12/h5-6,17H,3-4,7-8H2,1-2H3. The number of hydrogen-bond donors (Lipinski definition) is 1. The molecule has 1 heterocycles. The van der Waals surface area contributed by atoms with Crippen LogP contribution in [0.1, 0.15) is 31.6 Å². The first-order valence-electron chi connectivity index (χ1n) is 6.28. The second kappa shape index (κ2) is 5.85. The van der Waals surface area contributed by atoms with Gasteiger partial charge in [-0.2, -0.15) is 0 Å². The Labute approximate surface area is 115 Å². The highest BCUT2D eigenvalue weighted by atomic mass is 79.9. The van der Waals surface area contributed by atoms with Gasteiger partial charge in [-0.25, -0.2) is 4.39 Å². The summed E-state index contributed by atoms with van der Waals surface area (Å²) in [7, 11) is 0. The Hall–Kier alpha value is -0.870. The van der Waals surface area contributed by atoms with Crippen LogP contribution in [0, 0.1) is 5.82 Å². The second-order valence-corrected chi connectivity index (χ2v) is 5.12. The van der Waals surface area contributed by atoms with Crippen LogP contribution in [0.2, 0.25) is 0 Å². The van der Waals surface area contributed by atoms with E-state index in [1.807, 2.05) is 6.92 Å². The van der Waals surface area contributed by atoms with Crippen molar-refractivity contribution < 1.29 is 8.81 Å². The molecule has 4 heteroatoms. The number of fused-ring (bicyclic) bond motifs is 1. The van der Waals surface area contributed by atoms with E-state index in [1.165, 1.54) is 6.07 Å². The molecule has 0 unspecified atom stereocenters. The van der Waals surface area contributed by atoms with Crippen molar-refractivity contribution in [1.29, 1.82) is 0 Å². The van der Waals surface area contributed by atoms with Gasteiger partial charge >= 0.3 is 0 Å². The second-order valence-electron chi connectivity index (χ2n) is 4.27. The van der Waals surface area contributed by atoms with Gasteiger partial charge in [-0.3, -0.25) is 0 Å². The lowest BCUT2D eigenvalue weighted by molar-refractivity contribution is 0.507. The van der Waals surface area contributed by atoms with E-state index < -0.39 is 0 Å². The summed E-state index contributed by atoms with van der Waals surface area (Å²) in [5.74, 6) is 0.627. The van der Waals surface area contributed by atoms with Crippen LogP contribution < -0.4 is 5.32 Å². The van der Waals surface area contributed by atoms with Crippen molar-refractivity contribution in [3.63, 3.8) is 0 Å². The molecule has 0 amide bonds. The van der Waals surface area contributed by atoms with E-state index in [0.29, 0.717) is 17.5 Å². The minimum absolute atomic E-state index is 0.212. The normalized spacial score (nSPS) is 11.3. The third kappa shape index (κ3) is 2.45. The predicted molar refractivity (Wildman–Crippen MR) is 75.2 cm³/mol. The van der Waals surface area contributed by atoms with Crippen LogP contribution in [-0.2, 0) is 13.0 Å². The Morgan fingerprint density at radius 3 is 2.78 bits per heavy atom. The third-order valence-electron chi connectivity index (χ3n) is 2.99. The summed E-state index contributed by atoms with van der Waals surface area (Å²) in [5.41, 5.74) is 1.58. The van der Waals surface area contributed by atoms with E-state index in [0.717, 1.165) is 35.2 Å². The fraction of sp³-hybridized carbons (Fsp3) is 0.429. The molecule has 1 aromatic carbocycles. The van der Waals surface area contributed by atoms with Crippen LogP contribution in [0.25, 0.3) is 11.0 Å². The van der Waals surface area contributed by atoms with Gasteiger partial charge in [0.2, 0.25) is 0 Å². The molecule has 1 aromatic heterocycles. The smallest absolute Gasteiger partial charge is 0.151 e. The molecule has 0 aliphatic heterocycles. The van der Waals surface area contributed by atoms with Gasteiger partial charge in [0.15, 0.2) is 5.58 Å². The van der Waals surface area contributed by atoms with Crippen LogP contribution in [-0.4, -0.2) is 6.54 Å². The molecule has 1 N–H and O–H groups in total. The quantitative estimate of drug-likeness (QED) is 0.828. The first-order valence-corrected chi connectivity index (χ1v) is 7.07. The van der Waals surface area contributed by atoms with Crippen molar-refractivity contribution in [3.05, 3.63) is 33.7 Å². The highest BCUT2D eigenvalue weighted by Crippen LogP contribution is 2.33. The van der Waals surface area contributed by atoms with Crippen molar-refractivity contribution in [2.45, 2.75) is 33.2 Å². The molecule has 0 aliphatic rings. The van der Waals surface area contributed by atoms with E-state index in [-0.39, 0.29) is 5.82 Å². The number of furan rings is 1. The summed E-state index contributed by atoms with van der Waals surface area (Å²) in [4.78, 5) is 0. The maximum atomic E-state index is 13.9. The summed E-state index contributed by atoms with van der Waals surface area (Å²) < 4.78 is 20.5. The fourth-order valence-corrected chi connectivity index (χ4v) is 2.55. The van der Waals surface area contributed by atoms with Crippen LogP contribution >= 0.6 is 15.9 Å². The molecular weight excluding hydrogens is 297 g/mol. The van der Waals surface area contributed by atoms with E-state index in [9.17, 15) is 4.39 Å². The summed E-state index contributed by atoms with van der Waals surface area (Å²) >= 11 is 3.41. The minimum Gasteiger partial charge on any atom is -0.458 e. The first kappa shape index (κ1) is 13.6. The zero-order valence-corrected chi connectivity index (χ0v) is 12.2. The zero-order chi connectivity index (χ0) is 13.1. The molecule has 0 bridgehead atoms. The average Bonchev–Trinajstić information content (AvgIpc) is 2.74. The van der Waals surface area contributed by atoms with Crippen molar-refractivity contribution >= 4 is 26.9 Å². The largest absolute Gasteiger partial charge is 0.458 e. The summed E-state index contributed by atoms with van der Waals surface area (Å²) in [6.45, 7) is 5.72. The van der Waals surface area contributed by atoms with E-state index >= 15 is 0 Å². The maximum Gasteiger partial charge on any atom is 0.151 e. The average molecular weight is 314 g/mol. The highest BCUT2D eigenvalue weighted by molar-refractivity contribution is 9.10. The van der Waals surface area contributed by atoms with Crippen molar-refractivity contribution in [2.24, 2.45) is 0 Å². The Balaban J connectivity index is 2.47. The molecule has 0 atom stereocenters. The Bertz CT molecular complexity index is 550. The molecular formula is C14H17BrFNO. The van der Waals surface area contributed by atoms with Crippen LogP contribution in [0.5, 0.6) is 0 Å². The van der Waals surface area contributed by atoms with Gasteiger partial charge in [0.25, 0.3) is 0 Å². The SMILES string of the molecule is CCCNCc1oc2c(Br)ccc(F)c2c1CC. The molecule has 0 aliphatic carbocycles. The molecule has 0 saturated carbocycles. The first-order chi connectivity index (χ1) is 8.69. The Kier molecular flexibility index (Phi) is 4.40. The molecule has 0 radical (unpaired) electrons. The van der Waals surface area contributed by atoms with E-state index in [2.05, 4.69) is 28.2 Å². The van der Waals surface area contributed by atoms with Gasteiger partial charge in [0, 0.05) is 5.56 Å². The topological polar surface area (TPSA) is 25.2 Å². The predicted octanol–water partition coefficient (Wildman–Crippen LogP) is 4.40. The Morgan fingerprint density at radius 2 is 2.11 bits per heavy atom. The van der Waals surface area contributed by atoms with Gasteiger partial charge in [0.1, 0.15) is 11.6 Å². The van der Waals surface area contributed by atoms with E-state index in [4.69, 9.17) is 4.42 Å². The lowest BCUT2D eigenvalue weighted by Gasteiger charge is -2.02. The third-order valence-corrected chi connectivity index (χ3v) is 3.61. The number of aryl methyl sites for hydroxylation is 1. The van der Waals surface area contributed by atoms with Crippen LogP contribution in [0.3, 0.4) is 0 Å². The van der Waals surface area contributed by atoms with Gasteiger partial charge in [-0.1, -0.05) is 13.8 Å². The highest BCUT2D eigenvalue weighted by Gasteiger charge is 2.17. The van der Waals surface area contributed by atoms with Gasteiger partial charge in [0.05, 0.1) is 16.4 Å². The van der Waals surface area contributed by atoms with Gasteiger partial charge in [-0.05, 0) is 47.4 Å². The summed E-state index contributed by atoms with van der Waals surface area (Å²) in [5, 5.41) is 3.91. The molecule has 2 rings (SSSR count).